The third kappa shape index (κ3) is 7.64. The predicted octanol–water partition coefficient (Wildman–Crippen LogP) is 1.42. The van der Waals surface area contributed by atoms with Crippen molar-refractivity contribution in [2.75, 3.05) is 19.0 Å². The van der Waals surface area contributed by atoms with Crippen LogP contribution in [0, 0.1) is 12.3 Å². The maximum absolute atomic E-state index is 11.4. The molecule has 96 valence electrons. The second kappa shape index (κ2) is 7.18. The fraction of sp³-hybridized carbons (Fsp3) is 0.667. The molecule has 0 aliphatic carbocycles. The molecular weight excluding hydrogens is 242 g/mol. The van der Waals surface area contributed by atoms with Gasteiger partial charge in [-0.15, -0.1) is 18.0 Å². The lowest BCUT2D eigenvalue weighted by molar-refractivity contribution is -0.155. The van der Waals surface area contributed by atoms with Gasteiger partial charge in [0.05, 0.1) is 13.0 Å². The zero-order chi connectivity index (χ0) is 13.5. The summed E-state index contributed by atoms with van der Waals surface area (Å²) in [7, 11) is 0. The second-order valence-corrected chi connectivity index (χ2v) is 4.76. The molecule has 0 saturated carbocycles. The Morgan fingerprint density at radius 2 is 2.00 bits per heavy atom. The van der Waals surface area contributed by atoms with Crippen molar-refractivity contribution in [3.8, 4) is 12.3 Å². The molecule has 0 aliphatic rings. The molecule has 0 aromatic heterocycles. The van der Waals surface area contributed by atoms with Crippen LogP contribution in [-0.4, -0.2) is 41.3 Å². The van der Waals surface area contributed by atoms with Crippen LogP contribution in [0.5, 0.6) is 0 Å². The Bertz CT molecular complexity index is 315. The maximum Gasteiger partial charge on any atom is 0.308 e. The number of terminal acetylenes is 1. The Morgan fingerprint density at radius 3 is 2.41 bits per heavy atom. The number of hydrogen-bond acceptors (Lipinski definition) is 3. The third-order valence-corrected chi connectivity index (χ3v) is 1.98. The number of nitrogens with zero attached hydrogens (tertiary/aromatic N) is 1. The lowest BCUT2D eigenvalue weighted by atomic mass is 10.2. The van der Waals surface area contributed by atoms with E-state index in [2.05, 4.69) is 5.92 Å². The van der Waals surface area contributed by atoms with Crippen molar-refractivity contribution >= 4 is 23.5 Å². The molecule has 0 aromatic rings. The normalized spacial score (nSPS) is 10.5. The minimum Gasteiger partial charge on any atom is -0.460 e. The quantitative estimate of drug-likeness (QED) is 0.426. The van der Waals surface area contributed by atoms with Crippen molar-refractivity contribution < 1.29 is 14.3 Å². The zero-order valence-corrected chi connectivity index (χ0v) is 11.2. The van der Waals surface area contributed by atoms with Crippen LogP contribution in [0.3, 0.4) is 0 Å². The summed E-state index contributed by atoms with van der Waals surface area (Å²) in [5.41, 5.74) is -0.523. The minimum atomic E-state index is -0.523. The number of halogens is 1. The molecule has 0 fully saturated rings. The third-order valence-electron chi connectivity index (χ3n) is 1.76. The molecule has 0 aromatic carbocycles. The van der Waals surface area contributed by atoms with E-state index in [9.17, 15) is 9.59 Å². The molecule has 0 saturated heterocycles. The molecule has 5 heteroatoms. The summed E-state index contributed by atoms with van der Waals surface area (Å²) < 4.78 is 5.12. The van der Waals surface area contributed by atoms with Gasteiger partial charge in [-0.1, -0.05) is 5.92 Å². The highest BCUT2D eigenvalue weighted by atomic mass is 35.5. The number of carbonyl (C=O) groups excluding carboxylic acids is 2. The van der Waals surface area contributed by atoms with E-state index < -0.39 is 5.60 Å². The van der Waals surface area contributed by atoms with Crippen molar-refractivity contribution in [1.82, 2.24) is 4.90 Å². The Morgan fingerprint density at radius 1 is 1.41 bits per heavy atom. The van der Waals surface area contributed by atoms with Gasteiger partial charge in [0.1, 0.15) is 11.5 Å². The molecule has 0 N–H and O–H groups in total. The van der Waals surface area contributed by atoms with Crippen LogP contribution in [-0.2, 0) is 14.3 Å². The summed E-state index contributed by atoms with van der Waals surface area (Å²) >= 11 is 5.43. The van der Waals surface area contributed by atoms with Gasteiger partial charge < -0.3 is 9.64 Å². The van der Waals surface area contributed by atoms with Crippen molar-refractivity contribution in [3.63, 3.8) is 0 Å². The van der Waals surface area contributed by atoms with E-state index in [-0.39, 0.29) is 37.3 Å². The smallest absolute Gasteiger partial charge is 0.308 e. The van der Waals surface area contributed by atoms with E-state index in [4.69, 9.17) is 22.8 Å². The van der Waals surface area contributed by atoms with Crippen molar-refractivity contribution in [2.24, 2.45) is 0 Å². The van der Waals surface area contributed by atoms with Gasteiger partial charge in [0.2, 0.25) is 5.91 Å². The van der Waals surface area contributed by atoms with Gasteiger partial charge in [-0.3, -0.25) is 9.59 Å². The summed E-state index contributed by atoms with van der Waals surface area (Å²) in [5.74, 6) is 1.56. The fourth-order valence-electron chi connectivity index (χ4n) is 1.11. The lowest BCUT2D eigenvalue weighted by Crippen LogP contribution is -2.35. The molecule has 0 aliphatic heterocycles. The minimum absolute atomic E-state index is 0.113. The molecular formula is C12H18ClNO3. The van der Waals surface area contributed by atoms with Crippen molar-refractivity contribution in [3.05, 3.63) is 0 Å². The molecule has 0 radical (unpaired) electrons. The zero-order valence-electron chi connectivity index (χ0n) is 10.5. The first kappa shape index (κ1) is 15.8. The highest BCUT2D eigenvalue weighted by molar-refractivity contribution is 6.27. The number of amides is 1. The summed E-state index contributed by atoms with van der Waals surface area (Å²) in [6.07, 6.45) is 5.24. The Labute approximate surface area is 107 Å². The van der Waals surface area contributed by atoms with E-state index in [0.29, 0.717) is 0 Å². The van der Waals surface area contributed by atoms with E-state index in [0.717, 1.165) is 0 Å². The first-order valence-electron chi connectivity index (χ1n) is 5.29. The van der Waals surface area contributed by atoms with Gasteiger partial charge in [0, 0.05) is 6.54 Å². The van der Waals surface area contributed by atoms with Crippen LogP contribution >= 0.6 is 11.6 Å². The average Bonchev–Trinajstić information content (AvgIpc) is 2.20. The van der Waals surface area contributed by atoms with Crippen molar-refractivity contribution in [1.29, 1.82) is 0 Å². The summed E-state index contributed by atoms with van der Waals surface area (Å²) in [6.45, 7) is 5.73. The average molecular weight is 260 g/mol. The first-order chi connectivity index (χ1) is 7.80. The molecule has 0 spiro atoms. The summed E-state index contributed by atoms with van der Waals surface area (Å²) in [6, 6.07) is 0. The number of carbonyl (C=O) groups is 2. The highest BCUT2D eigenvalue weighted by Crippen LogP contribution is 2.08. The number of ether oxygens (including phenoxy) is 1. The van der Waals surface area contributed by atoms with Gasteiger partial charge in [0.25, 0.3) is 0 Å². The molecule has 0 rings (SSSR count). The largest absolute Gasteiger partial charge is 0.460 e. The van der Waals surface area contributed by atoms with Crippen LogP contribution in [0.1, 0.15) is 27.2 Å². The maximum atomic E-state index is 11.4. The molecule has 0 atom stereocenters. The molecule has 0 bridgehead atoms. The SMILES string of the molecule is C#CCN(CCC(=O)OC(C)(C)C)C(=O)CCl. The predicted molar refractivity (Wildman–Crippen MR) is 66.6 cm³/mol. The first-order valence-corrected chi connectivity index (χ1v) is 5.82. The van der Waals surface area contributed by atoms with Crippen molar-refractivity contribution in [2.45, 2.75) is 32.8 Å². The number of esters is 1. The van der Waals surface area contributed by atoms with Gasteiger partial charge >= 0.3 is 5.97 Å². The standard InChI is InChI=1S/C12H18ClNO3/c1-5-7-14(10(15)9-13)8-6-11(16)17-12(2,3)4/h1H,6-9H2,2-4H3. The molecule has 0 heterocycles. The lowest BCUT2D eigenvalue weighted by Gasteiger charge is -2.22. The van der Waals surface area contributed by atoms with Crippen LogP contribution in [0.4, 0.5) is 0 Å². The van der Waals surface area contributed by atoms with E-state index in [1.807, 2.05) is 0 Å². The van der Waals surface area contributed by atoms with E-state index >= 15 is 0 Å². The van der Waals surface area contributed by atoms with Gasteiger partial charge in [-0.05, 0) is 20.8 Å². The Hall–Kier alpha value is -1.21. The van der Waals surface area contributed by atoms with Gasteiger partial charge in [-0.25, -0.2) is 0 Å². The van der Waals surface area contributed by atoms with Crippen LogP contribution < -0.4 is 0 Å². The topological polar surface area (TPSA) is 46.6 Å². The molecule has 4 nitrogen and oxygen atoms in total. The molecule has 17 heavy (non-hydrogen) atoms. The molecule has 0 unspecified atom stereocenters. The summed E-state index contributed by atoms with van der Waals surface area (Å²) in [5, 5.41) is 0. The van der Waals surface area contributed by atoms with Crippen LogP contribution in [0.25, 0.3) is 0 Å². The Kier molecular flexibility index (Phi) is 6.67. The Balaban J connectivity index is 4.18. The van der Waals surface area contributed by atoms with Gasteiger partial charge in [-0.2, -0.15) is 0 Å². The van der Waals surface area contributed by atoms with Gasteiger partial charge in [0.15, 0.2) is 0 Å². The number of hydrogen-bond donors (Lipinski definition) is 0. The second-order valence-electron chi connectivity index (χ2n) is 4.49. The fourth-order valence-corrected chi connectivity index (χ4v) is 1.27. The van der Waals surface area contributed by atoms with Crippen LogP contribution in [0.15, 0.2) is 0 Å². The van der Waals surface area contributed by atoms with Crippen LogP contribution in [0.2, 0.25) is 0 Å². The number of alkyl halides is 1. The highest BCUT2D eigenvalue weighted by Gasteiger charge is 2.18. The van der Waals surface area contributed by atoms with E-state index in [1.54, 1.807) is 20.8 Å². The summed E-state index contributed by atoms with van der Waals surface area (Å²) in [4.78, 5) is 24.1. The molecule has 1 amide bonds. The number of rotatable bonds is 5. The monoisotopic (exact) mass is 259 g/mol. The van der Waals surface area contributed by atoms with E-state index in [1.165, 1.54) is 4.90 Å².